The topological polar surface area (TPSA) is 33.3 Å². The van der Waals surface area contributed by atoms with Gasteiger partial charge in [-0.2, -0.15) is 0 Å². The quantitative estimate of drug-likeness (QED) is 0.881. The van der Waals surface area contributed by atoms with Crippen molar-refractivity contribution in [3.05, 3.63) is 27.7 Å². The summed E-state index contributed by atoms with van der Waals surface area (Å²) < 4.78 is 6.85. The molecule has 0 saturated carbocycles. The highest BCUT2D eigenvalue weighted by Gasteiger charge is 2.20. The van der Waals surface area contributed by atoms with Crippen LogP contribution in [0.3, 0.4) is 0 Å². The molecule has 1 fully saturated rings. The lowest BCUT2D eigenvalue weighted by Crippen LogP contribution is -2.54. The Morgan fingerprint density at radius 2 is 2.31 bits per heavy atom. The zero-order valence-electron chi connectivity index (χ0n) is 9.05. The summed E-state index contributed by atoms with van der Waals surface area (Å²) in [4.78, 5) is 0. The summed E-state index contributed by atoms with van der Waals surface area (Å²) in [7, 11) is 0. The van der Waals surface area contributed by atoms with Gasteiger partial charge in [-0.25, -0.2) is 0 Å². The first-order valence-electron chi connectivity index (χ1n) is 5.71. The molecule has 0 atom stereocenters. The molecule has 0 spiro atoms. The molecule has 0 amide bonds. The Labute approximate surface area is 104 Å². The van der Waals surface area contributed by atoms with Crippen molar-refractivity contribution in [2.75, 3.05) is 19.7 Å². The Morgan fingerprint density at radius 1 is 1.44 bits per heavy atom. The van der Waals surface area contributed by atoms with Crippen molar-refractivity contribution < 1.29 is 4.74 Å². The Hall–Kier alpha value is -0.580. The standard InChI is InChI=1S/C12H15BrN2O/c13-10-3-8-1-2-16-12(8)9(4-10)5-15-11-6-14-7-11/h3-4,11,14-15H,1-2,5-7H2. The normalized spacial score (nSPS) is 19.1. The second-order valence-corrected chi connectivity index (χ2v) is 5.30. The number of hydrogen-bond donors (Lipinski definition) is 2. The molecule has 0 radical (unpaired) electrons. The van der Waals surface area contributed by atoms with Crippen molar-refractivity contribution in [2.24, 2.45) is 0 Å². The van der Waals surface area contributed by atoms with Crippen LogP contribution in [0.2, 0.25) is 0 Å². The van der Waals surface area contributed by atoms with E-state index in [4.69, 9.17) is 4.74 Å². The van der Waals surface area contributed by atoms with E-state index in [1.807, 2.05) is 0 Å². The van der Waals surface area contributed by atoms with Crippen LogP contribution in [0.15, 0.2) is 16.6 Å². The van der Waals surface area contributed by atoms with Crippen molar-refractivity contribution in [2.45, 2.75) is 19.0 Å². The molecule has 2 aliphatic heterocycles. The van der Waals surface area contributed by atoms with Gasteiger partial charge in [-0.05, 0) is 17.7 Å². The second kappa shape index (κ2) is 4.35. The first-order valence-corrected chi connectivity index (χ1v) is 6.50. The molecule has 2 aliphatic rings. The fourth-order valence-electron chi connectivity index (χ4n) is 2.16. The molecular formula is C12H15BrN2O. The van der Waals surface area contributed by atoms with Crippen LogP contribution in [0, 0.1) is 0 Å². The molecule has 0 unspecified atom stereocenters. The van der Waals surface area contributed by atoms with Gasteiger partial charge in [0.05, 0.1) is 6.61 Å². The third-order valence-corrected chi connectivity index (χ3v) is 3.65. The van der Waals surface area contributed by atoms with Gasteiger partial charge in [-0.1, -0.05) is 15.9 Å². The second-order valence-electron chi connectivity index (χ2n) is 4.39. The van der Waals surface area contributed by atoms with Gasteiger partial charge in [0.2, 0.25) is 0 Å². The number of nitrogens with one attached hydrogen (secondary N) is 2. The molecule has 1 aromatic carbocycles. The average molecular weight is 283 g/mol. The average Bonchev–Trinajstić information content (AvgIpc) is 2.62. The van der Waals surface area contributed by atoms with Crippen molar-refractivity contribution in [1.82, 2.24) is 10.6 Å². The number of hydrogen-bond acceptors (Lipinski definition) is 3. The van der Waals surface area contributed by atoms with Crippen molar-refractivity contribution >= 4 is 15.9 Å². The molecule has 0 bridgehead atoms. The monoisotopic (exact) mass is 282 g/mol. The van der Waals surface area contributed by atoms with E-state index in [0.29, 0.717) is 6.04 Å². The molecule has 3 nitrogen and oxygen atoms in total. The smallest absolute Gasteiger partial charge is 0.127 e. The van der Waals surface area contributed by atoms with Crippen LogP contribution in [0.4, 0.5) is 0 Å². The van der Waals surface area contributed by atoms with Crippen LogP contribution in [0.25, 0.3) is 0 Å². The van der Waals surface area contributed by atoms with Crippen LogP contribution in [0.1, 0.15) is 11.1 Å². The minimum absolute atomic E-state index is 0.621. The van der Waals surface area contributed by atoms with Crippen LogP contribution < -0.4 is 15.4 Å². The van der Waals surface area contributed by atoms with E-state index in [0.717, 1.165) is 42.9 Å². The molecule has 2 N–H and O–H groups in total. The molecule has 2 heterocycles. The molecule has 3 rings (SSSR count). The lowest BCUT2D eigenvalue weighted by molar-refractivity contribution is 0.342. The van der Waals surface area contributed by atoms with E-state index in [9.17, 15) is 0 Å². The zero-order valence-corrected chi connectivity index (χ0v) is 10.6. The predicted octanol–water partition coefficient (Wildman–Crippen LogP) is 1.45. The maximum absolute atomic E-state index is 5.69. The van der Waals surface area contributed by atoms with E-state index in [1.165, 1.54) is 11.1 Å². The van der Waals surface area contributed by atoms with E-state index in [1.54, 1.807) is 0 Å². The predicted molar refractivity (Wildman–Crippen MR) is 66.8 cm³/mol. The summed E-state index contributed by atoms with van der Waals surface area (Å²) in [6, 6.07) is 4.94. The van der Waals surface area contributed by atoms with Gasteiger partial charge in [0.15, 0.2) is 0 Å². The molecule has 16 heavy (non-hydrogen) atoms. The Morgan fingerprint density at radius 3 is 3.06 bits per heavy atom. The highest BCUT2D eigenvalue weighted by Crippen LogP contribution is 2.32. The third kappa shape index (κ3) is 1.97. The van der Waals surface area contributed by atoms with E-state index < -0.39 is 0 Å². The lowest BCUT2D eigenvalue weighted by atomic mass is 10.1. The van der Waals surface area contributed by atoms with Crippen LogP contribution in [-0.2, 0) is 13.0 Å². The number of fused-ring (bicyclic) bond motifs is 1. The van der Waals surface area contributed by atoms with Gasteiger partial charge >= 0.3 is 0 Å². The van der Waals surface area contributed by atoms with E-state index >= 15 is 0 Å². The maximum Gasteiger partial charge on any atom is 0.127 e. The molecule has 0 aromatic heterocycles. The van der Waals surface area contributed by atoms with Crippen LogP contribution >= 0.6 is 15.9 Å². The molecule has 1 aromatic rings. The van der Waals surface area contributed by atoms with Crippen LogP contribution in [0.5, 0.6) is 5.75 Å². The van der Waals surface area contributed by atoms with Crippen molar-refractivity contribution in [3.8, 4) is 5.75 Å². The molecule has 1 saturated heterocycles. The number of benzene rings is 1. The molecule has 4 heteroatoms. The summed E-state index contributed by atoms with van der Waals surface area (Å²) >= 11 is 3.56. The van der Waals surface area contributed by atoms with Gasteiger partial charge in [0.1, 0.15) is 5.75 Å². The van der Waals surface area contributed by atoms with E-state index in [2.05, 4.69) is 38.7 Å². The van der Waals surface area contributed by atoms with Gasteiger partial charge in [-0.3, -0.25) is 0 Å². The van der Waals surface area contributed by atoms with Crippen LogP contribution in [-0.4, -0.2) is 25.7 Å². The SMILES string of the molecule is Brc1cc2c(c(CNC3CNC3)c1)OCC2. The third-order valence-electron chi connectivity index (χ3n) is 3.19. The number of ether oxygens (including phenoxy) is 1. The minimum Gasteiger partial charge on any atom is -0.493 e. The van der Waals surface area contributed by atoms with Crippen molar-refractivity contribution in [1.29, 1.82) is 0 Å². The minimum atomic E-state index is 0.621. The highest BCUT2D eigenvalue weighted by molar-refractivity contribution is 9.10. The van der Waals surface area contributed by atoms with Gasteiger partial charge in [-0.15, -0.1) is 0 Å². The van der Waals surface area contributed by atoms with Gasteiger partial charge in [0, 0.05) is 42.1 Å². The molecular weight excluding hydrogens is 268 g/mol. The molecule has 86 valence electrons. The fraction of sp³-hybridized carbons (Fsp3) is 0.500. The van der Waals surface area contributed by atoms with E-state index in [-0.39, 0.29) is 0 Å². The Balaban J connectivity index is 1.77. The summed E-state index contributed by atoms with van der Waals surface area (Å²) in [5.74, 6) is 1.10. The Kier molecular flexibility index (Phi) is 2.88. The number of halogens is 1. The first-order chi connectivity index (χ1) is 7.83. The van der Waals surface area contributed by atoms with Gasteiger partial charge in [0.25, 0.3) is 0 Å². The maximum atomic E-state index is 5.69. The number of rotatable bonds is 3. The molecule has 0 aliphatic carbocycles. The lowest BCUT2D eigenvalue weighted by Gasteiger charge is -2.28. The largest absolute Gasteiger partial charge is 0.493 e. The van der Waals surface area contributed by atoms with Gasteiger partial charge < -0.3 is 15.4 Å². The summed E-state index contributed by atoms with van der Waals surface area (Å²) in [6.45, 7) is 3.88. The first kappa shape index (κ1) is 10.6. The Bertz CT molecular complexity index is 404. The fourth-order valence-corrected chi connectivity index (χ4v) is 2.72. The summed E-state index contributed by atoms with van der Waals surface area (Å²) in [6.07, 6.45) is 1.03. The summed E-state index contributed by atoms with van der Waals surface area (Å²) in [5.41, 5.74) is 2.60. The zero-order chi connectivity index (χ0) is 11.0. The summed E-state index contributed by atoms with van der Waals surface area (Å²) in [5, 5.41) is 6.79. The highest BCUT2D eigenvalue weighted by atomic mass is 79.9. The van der Waals surface area contributed by atoms with Crippen molar-refractivity contribution in [3.63, 3.8) is 0 Å².